The topological polar surface area (TPSA) is 6.48 Å². The van der Waals surface area contributed by atoms with Gasteiger partial charge >= 0.3 is 0 Å². The molecule has 0 aliphatic carbocycles. The van der Waals surface area contributed by atoms with Gasteiger partial charge < -0.3 is 9.80 Å². The molecular weight excluding hydrogens is 363 g/mol. The summed E-state index contributed by atoms with van der Waals surface area (Å²) >= 11 is 0. The molecule has 0 spiro atoms. The first-order chi connectivity index (χ1) is 11.8. The molecule has 2 aromatic carbocycles. The van der Waals surface area contributed by atoms with Gasteiger partial charge in [0.2, 0.25) is 0 Å². The van der Waals surface area contributed by atoms with Crippen molar-refractivity contribution in [1.29, 1.82) is 0 Å². The van der Waals surface area contributed by atoms with E-state index >= 15 is 0 Å². The van der Waals surface area contributed by atoms with Crippen molar-refractivity contribution in [3.63, 3.8) is 0 Å². The summed E-state index contributed by atoms with van der Waals surface area (Å²) in [6.45, 7) is 8.15. The zero-order chi connectivity index (χ0) is 16.6. The van der Waals surface area contributed by atoms with Crippen molar-refractivity contribution in [1.82, 2.24) is 4.90 Å². The van der Waals surface area contributed by atoms with Crippen LogP contribution in [0.25, 0.3) is 0 Å². The standard InChI is InChI=1S/C22H30N2.2ClH/c1-20-10-8-9-15-23(18-20)16-17-24(22-13-6-3-7-14-22)19-21-11-4-2-5-12-21;;/h2-7,11-14,20H,8-10,15-19H2,1H3;2*1H. The number of benzene rings is 2. The third-order valence-electron chi connectivity index (χ3n) is 5.01. The fraction of sp³-hybridized carbons (Fsp3) is 0.455. The van der Waals surface area contributed by atoms with Crippen molar-refractivity contribution in [2.45, 2.75) is 32.7 Å². The van der Waals surface area contributed by atoms with Gasteiger partial charge in [-0.25, -0.2) is 0 Å². The molecule has 0 saturated carbocycles. The van der Waals surface area contributed by atoms with Crippen LogP contribution in [-0.4, -0.2) is 31.1 Å². The summed E-state index contributed by atoms with van der Waals surface area (Å²) < 4.78 is 0. The Balaban J connectivity index is 0.00000169. The molecule has 1 unspecified atom stereocenters. The number of anilines is 1. The van der Waals surface area contributed by atoms with Gasteiger partial charge in [0.05, 0.1) is 0 Å². The normalized spacial score (nSPS) is 17.5. The molecular formula is C22H32Cl2N2. The third kappa shape index (κ3) is 7.19. The van der Waals surface area contributed by atoms with Crippen LogP contribution in [0.4, 0.5) is 5.69 Å². The summed E-state index contributed by atoms with van der Waals surface area (Å²) in [4.78, 5) is 5.18. The van der Waals surface area contributed by atoms with Crippen LogP contribution in [0.2, 0.25) is 0 Å². The highest BCUT2D eigenvalue weighted by Gasteiger charge is 2.16. The molecule has 3 rings (SSSR count). The van der Waals surface area contributed by atoms with Crippen molar-refractivity contribution in [2.24, 2.45) is 5.92 Å². The van der Waals surface area contributed by atoms with Gasteiger partial charge in [0.15, 0.2) is 0 Å². The lowest BCUT2D eigenvalue weighted by molar-refractivity contribution is 0.261. The average molecular weight is 395 g/mol. The molecule has 1 atom stereocenters. The highest BCUT2D eigenvalue weighted by atomic mass is 35.5. The molecule has 0 radical (unpaired) electrons. The van der Waals surface area contributed by atoms with E-state index in [9.17, 15) is 0 Å². The van der Waals surface area contributed by atoms with Crippen LogP contribution in [0.1, 0.15) is 31.7 Å². The molecule has 2 aromatic rings. The summed E-state index contributed by atoms with van der Waals surface area (Å²) in [6.07, 6.45) is 4.14. The molecule has 2 nitrogen and oxygen atoms in total. The van der Waals surface area contributed by atoms with E-state index in [2.05, 4.69) is 77.4 Å². The molecule has 1 aliphatic rings. The van der Waals surface area contributed by atoms with E-state index in [4.69, 9.17) is 0 Å². The third-order valence-corrected chi connectivity index (χ3v) is 5.01. The van der Waals surface area contributed by atoms with Gasteiger partial charge in [0.25, 0.3) is 0 Å². The summed E-state index contributed by atoms with van der Waals surface area (Å²) in [5.41, 5.74) is 2.70. The number of para-hydroxylation sites is 1. The molecule has 1 heterocycles. The van der Waals surface area contributed by atoms with Crippen LogP contribution in [-0.2, 0) is 6.54 Å². The lowest BCUT2D eigenvalue weighted by Gasteiger charge is -2.29. The smallest absolute Gasteiger partial charge is 0.0430 e. The van der Waals surface area contributed by atoms with Crippen molar-refractivity contribution in [2.75, 3.05) is 31.1 Å². The quantitative estimate of drug-likeness (QED) is 0.623. The second-order valence-electron chi connectivity index (χ2n) is 7.14. The molecule has 0 N–H and O–H groups in total. The lowest BCUT2D eigenvalue weighted by Crippen LogP contribution is -2.36. The molecule has 1 fully saturated rings. The maximum absolute atomic E-state index is 2.67. The number of rotatable bonds is 6. The Morgan fingerprint density at radius 3 is 2.27 bits per heavy atom. The Morgan fingerprint density at radius 1 is 0.923 bits per heavy atom. The Hall–Kier alpha value is -1.22. The minimum absolute atomic E-state index is 0. The monoisotopic (exact) mass is 394 g/mol. The predicted molar refractivity (Wildman–Crippen MR) is 118 cm³/mol. The minimum atomic E-state index is 0. The maximum atomic E-state index is 2.67. The lowest BCUT2D eigenvalue weighted by atomic mass is 10.1. The first-order valence-corrected chi connectivity index (χ1v) is 9.37. The second kappa shape index (κ2) is 12.2. The first-order valence-electron chi connectivity index (χ1n) is 9.37. The zero-order valence-electron chi connectivity index (χ0n) is 15.7. The van der Waals surface area contributed by atoms with Crippen molar-refractivity contribution in [3.8, 4) is 0 Å². The second-order valence-corrected chi connectivity index (χ2v) is 7.14. The fourth-order valence-electron chi connectivity index (χ4n) is 3.66. The van der Waals surface area contributed by atoms with Crippen LogP contribution < -0.4 is 4.90 Å². The summed E-state index contributed by atoms with van der Waals surface area (Å²) in [7, 11) is 0. The van der Waals surface area contributed by atoms with Gasteiger partial charge in [-0.15, -0.1) is 24.8 Å². The van der Waals surface area contributed by atoms with Crippen LogP contribution in [0, 0.1) is 5.92 Å². The van der Waals surface area contributed by atoms with E-state index in [1.165, 1.54) is 43.6 Å². The van der Waals surface area contributed by atoms with E-state index in [0.717, 1.165) is 25.6 Å². The number of halogens is 2. The molecule has 1 saturated heterocycles. The average Bonchev–Trinajstić information content (AvgIpc) is 2.84. The van der Waals surface area contributed by atoms with Gasteiger partial charge in [-0.2, -0.15) is 0 Å². The molecule has 0 amide bonds. The highest BCUT2D eigenvalue weighted by Crippen LogP contribution is 2.19. The van der Waals surface area contributed by atoms with E-state index in [1.54, 1.807) is 0 Å². The van der Waals surface area contributed by atoms with Crippen molar-refractivity contribution in [3.05, 3.63) is 66.2 Å². The van der Waals surface area contributed by atoms with Crippen LogP contribution >= 0.6 is 24.8 Å². The number of hydrogen-bond donors (Lipinski definition) is 0. The molecule has 4 heteroatoms. The molecule has 144 valence electrons. The van der Waals surface area contributed by atoms with Gasteiger partial charge in [0, 0.05) is 31.9 Å². The number of likely N-dealkylation sites (tertiary alicyclic amines) is 1. The van der Waals surface area contributed by atoms with Gasteiger partial charge in [-0.3, -0.25) is 0 Å². The van der Waals surface area contributed by atoms with Gasteiger partial charge in [-0.05, 0) is 43.0 Å². The summed E-state index contributed by atoms with van der Waals surface area (Å²) in [5.74, 6) is 0.840. The summed E-state index contributed by atoms with van der Waals surface area (Å²) in [6, 6.07) is 21.7. The fourth-order valence-corrected chi connectivity index (χ4v) is 3.66. The van der Waals surface area contributed by atoms with E-state index in [0.29, 0.717) is 0 Å². The zero-order valence-corrected chi connectivity index (χ0v) is 17.4. The van der Waals surface area contributed by atoms with Gasteiger partial charge in [-0.1, -0.05) is 61.9 Å². The van der Waals surface area contributed by atoms with Gasteiger partial charge in [0.1, 0.15) is 0 Å². The largest absolute Gasteiger partial charge is 0.366 e. The summed E-state index contributed by atoms with van der Waals surface area (Å²) in [5, 5.41) is 0. The molecule has 0 aromatic heterocycles. The van der Waals surface area contributed by atoms with Crippen LogP contribution in [0.3, 0.4) is 0 Å². The number of nitrogens with zero attached hydrogens (tertiary/aromatic N) is 2. The Bertz CT molecular complexity index is 592. The highest BCUT2D eigenvalue weighted by molar-refractivity contribution is 5.85. The SMILES string of the molecule is CC1CCCCN(CCN(Cc2ccccc2)c2ccccc2)C1.Cl.Cl. The van der Waals surface area contributed by atoms with E-state index in [-0.39, 0.29) is 24.8 Å². The molecule has 0 bridgehead atoms. The van der Waals surface area contributed by atoms with Crippen LogP contribution in [0.15, 0.2) is 60.7 Å². The minimum Gasteiger partial charge on any atom is -0.366 e. The molecule has 26 heavy (non-hydrogen) atoms. The van der Waals surface area contributed by atoms with Crippen LogP contribution in [0.5, 0.6) is 0 Å². The van der Waals surface area contributed by atoms with Crippen molar-refractivity contribution >= 4 is 30.5 Å². The maximum Gasteiger partial charge on any atom is 0.0430 e. The van der Waals surface area contributed by atoms with E-state index in [1.807, 2.05) is 0 Å². The van der Waals surface area contributed by atoms with E-state index < -0.39 is 0 Å². The Morgan fingerprint density at radius 2 is 1.58 bits per heavy atom. The Labute approximate surface area is 171 Å². The predicted octanol–water partition coefficient (Wildman–Crippen LogP) is 5.66. The van der Waals surface area contributed by atoms with Crippen molar-refractivity contribution < 1.29 is 0 Å². The Kier molecular flexibility index (Phi) is 10.7. The molecule has 1 aliphatic heterocycles. The number of hydrogen-bond acceptors (Lipinski definition) is 2. The first kappa shape index (κ1) is 22.8.